The summed E-state index contributed by atoms with van der Waals surface area (Å²) >= 11 is 0. The average Bonchev–Trinajstić information content (AvgIpc) is 2.87. The summed E-state index contributed by atoms with van der Waals surface area (Å²) in [4.78, 5) is 13.5. The number of aliphatic hydroxyl groups excluding tert-OH is 1. The van der Waals surface area contributed by atoms with Crippen LogP contribution in [0.3, 0.4) is 0 Å². The van der Waals surface area contributed by atoms with E-state index in [-0.39, 0.29) is 24.9 Å². The predicted octanol–water partition coefficient (Wildman–Crippen LogP) is 2.23. The molecule has 2 rings (SSSR count). The first-order chi connectivity index (χ1) is 9.93. The van der Waals surface area contributed by atoms with E-state index in [1.54, 1.807) is 19.2 Å². The molecule has 3 atom stereocenters. The lowest BCUT2D eigenvalue weighted by molar-refractivity contribution is -0.129. The predicted molar refractivity (Wildman–Crippen MR) is 73.2 cm³/mol. The van der Waals surface area contributed by atoms with Gasteiger partial charge in [-0.15, -0.1) is 0 Å². The first-order valence-electron chi connectivity index (χ1n) is 6.83. The first-order valence-corrected chi connectivity index (χ1v) is 6.83. The summed E-state index contributed by atoms with van der Waals surface area (Å²) in [6, 6.07) is 7.04. The molecule has 0 aromatic heterocycles. The van der Waals surface area contributed by atoms with E-state index >= 15 is 0 Å². The monoisotopic (exact) mass is 299 g/mol. The van der Waals surface area contributed by atoms with Crippen molar-refractivity contribution < 1.29 is 23.4 Å². The van der Waals surface area contributed by atoms with Crippen LogP contribution in [-0.4, -0.2) is 42.1 Å². The molecule has 0 saturated carbocycles. The number of likely N-dealkylation sites (tertiary alicyclic amines) is 1. The third-order valence-electron chi connectivity index (χ3n) is 4.00. The van der Waals surface area contributed by atoms with Crippen LogP contribution in [0.1, 0.15) is 24.9 Å². The highest BCUT2D eigenvalue weighted by atomic mass is 19.3. The van der Waals surface area contributed by atoms with Gasteiger partial charge in [0, 0.05) is 18.9 Å². The van der Waals surface area contributed by atoms with Crippen LogP contribution in [0, 0.1) is 5.92 Å². The van der Waals surface area contributed by atoms with E-state index in [0.717, 1.165) is 5.56 Å². The SMILES string of the molecule is COc1ccc(C(C)N2CC(C(O)C(F)F)CC2=O)cc1. The van der Waals surface area contributed by atoms with Gasteiger partial charge in [-0.3, -0.25) is 4.79 Å². The molecule has 6 heteroatoms. The number of nitrogens with zero attached hydrogens (tertiary/aromatic N) is 1. The molecule has 116 valence electrons. The van der Waals surface area contributed by atoms with Crippen molar-refractivity contribution in [2.24, 2.45) is 5.92 Å². The van der Waals surface area contributed by atoms with E-state index in [0.29, 0.717) is 5.75 Å². The Balaban J connectivity index is 2.08. The van der Waals surface area contributed by atoms with Crippen LogP contribution in [-0.2, 0) is 4.79 Å². The number of ether oxygens (including phenoxy) is 1. The highest BCUT2D eigenvalue weighted by Gasteiger charge is 2.39. The second kappa shape index (κ2) is 6.39. The Morgan fingerprint density at radius 3 is 2.48 bits per heavy atom. The number of methoxy groups -OCH3 is 1. The standard InChI is InChI=1S/C15H19F2NO3/c1-9(10-3-5-12(21-2)6-4-10)18-8-11(7-13(18)19)14(20)15(16)17/h3-6,9,11,14-15,20H,7-8H2,1-2H3. The number of benzene rings is 1. The molecule has 21 heavy (non-hydrogen) atoms. The molecule has 1 fully saturated rings. The summed E-state index contributed by atoms with van der Waals surface area (Å²) in [5, 5.41) is 9.44. The zero-order valence-electron chi connectivity index (χ0n) is 12.0. The van der Waals surface area contributed by atoms with Gasteiger partial charge in [-0.05, 0) is 24.6 Å². The van der Waals surface area contributed by atoms with Crippen LogP contribution in [0.25, 0.3) is 0 Å². The lowest BCUT2D eigenvalue weighted by Crippen LogP contribution is -2.32. The van der Waals surface area contributed by atoms with Crippen LogP contribution in [0.5, 0.6) is 5.75 Å². The van der Waals surface area contributed by atoms with Crippen molar-refractivity contribution >= 4 is 5.91 Å². The van der Waals surface area contributed by atoms with Gasteiger partial charge in [-0.25, -0.2) is 8.78 Å². The van der Waals surface area contributed by atoms with Gasteiger partial charge in [0.2, 0.25) is 5.91 Å². The fraction of sp³-hybridized carbons (Fsp3) is 0.533. The van der Waals surface area contributed by atoms with Crippen molar-refractivity contribution in [2.45, 2.75) is 31.9 Å². The van der Waals surface area contributed by atoms with Crippen molar-refractivity contribution in [3.05, 3.63) is 29.8 Å². The number of hydrogen-bond acceptors (Lipinski definition) is 3. The Morgan fingerprint density at radius 2 is 1.95 bits per heavy atom. The minimum Gasteiger partial charge on any atom is -0.497 e. The maximum absolute atomic E-state index is 12.5. The minimum atomic E-state index is -2.82. The van der Waals surface area contributed by atoms with Crippen molar-refractivity contribution in [3.8, 4) is 5.75 Å². The van der Waals surface area contributed by atoms with Gasteiger partial charge < -0.3 is 14.7 Å². The van der Waals surface area contributed by atoms with E-state index in [2.05, 4.69) is 0 Å². The van der Waals surface area contributed by atoms with Gasteiger partial charge in [-0.2, -0.15) is 0 Å². The van der Waals surface area contributed by atoms with Crippen LogP contribution < -0.4 is 4.74 Å². The fourth-order valence-corrected chi connectivity index (χ4v) is 2.63. The zero-order chi connectivity index (χ0) is 15.6. The maximum Gasteiger partial charge on any atom is 0.264 e. The van der Waals surface area contributed by atoms with Crippen molar-refractivity contribution in [3.63, 3.8) is 0 Å². The third-order valence-corrected chi connectivity index (χ3v) is 4.00. The number of carbonyl (C=O) groups is 1. The number of rotatable bonds is 5. The zero-order valence-corrected chi connectivity index (χ0v) is 12.0. The van der Waals surface area contributed by atoms with Gasteiger partial charge in [0.15, 0.2) is 0 Å². The second-order valence-corrected chi connectivity index (χ2v) is 5.28. The maximum atomic E-state index is 12.5. The lowest BCUT2D eigenvalue weighted by atomic mass is 10.0. The smallest absolute Gasteiger partial charge is 0.264 e. The number of aliphatic hydroxyl groups is 1. The molecular weight excluding hydrogens is 280 g/mol. The van der Waals surface area contributed by atoms with Crippen LogP contribution in [0.2, 0.25) is 0 Å². The van der Waals surface area contributed by atoms with E-state index in [4.69, 9.17) is 4.74 Å². The normalized spacial score (nSPS) is 21.7. The topological polar surface area (TPSA) is 49.8 Å². The Bertz CT molecular complexity index is 492. The summed E-state index contributed by atoms with van der Waals surface area (Å²) in [6.07, 6.45) is -4.60. The number of halogens is 2. The molecule has 1 heterocycles. The number of alkyl halides is 2. The Kier molecular flexibility index (Phi) is 4.77. The molecule has 1 N–H and O–H groups in total. The van der Waals surface area contributed by atoms with E-state index < -0.39 is 18.4 Å². The molecule has 1 aliphatic rings. The molecule has 1 aromatic rings. The Labute approximate surface area is 122 Å². The van der Waals surface area contributed by atoms with Gasteiger partial charge in [0.05, 0.1) is 13.2 Å². The van der Waals surface area contributed by atoms with Gasteiger partial charge in [-0.1, -0.05) is 12.1 Å². The van der Waals surface area contributed by atoms with Gasteiger partial charge >= 0.3 is 0 Å². The molecule has 0 radical (unpaired) electrons. The molecule has 1 saturated heterocycles. The molecule has 1 aliphatic heterocycles. The van der Waals surface area contributed by atoms with Crippen molar-refractivity contribution in [1.29, 1.82) is 0 Å². The molecule has 0 spiro atoms. The average molecular weight is 299 g/mol. The number of amides is 1. The summed E-state index contributed by atoms with van der Waals surface area (Å²) in [7, 11) is 1.57. The molecule has 0 aliphatic carbocycles. The highest BCUT2D eigenvalue weighted by Crippen LogP contribution is 2.31. The number of hydrogen-bond donors (Lipinski definition) is 1. The molecule has 3 unspecified atom stereocenters. The third kappa shape index (κ3) is 3.32. The molecular formula is C15H19F2NO3. The van der Waals surface area contributed by atoms with E-state index in [9.17, 15) is 18.7 Å². The summed E-state index contributed by atoms with van der Waals surface area (Å²) < 4.78 is 30.2. The fourth-order valence-electron chi connectivity index (χ4n) is 2.63. The van der Waals surface area contributed by atoms with Crippen LogP contribution in [0.4, 0.5) is 8.78 Å². The lowest BCUT2D eigenvalue weighted by Gasteiger charge is -2.26. The molecule has 1 amide bonds. The highest BCUT2D eigenvalue weighted by molar-refractivity contribution is 5.79. The largest absolute Gasteiger partial charge is 0.497 e. The second-order valence-electron chi connectivity index (χ2n) is 5.28. The summed E-state index contributed by atoms with van der Waals surface area (Å²) in [5.41, 5.74) is 0.899. The Hall–Kier alpha value is -1.69. The van der Waals surface area contributed by atoms with Crippen LogP contribution >= 0.6 is 0 Å². The van der Waals surface area contributed by atoms with Crippen molar-refractivity contribution in [1.82, 2.24) is 4.90 Å². The van der Waals surface area contributed by atoms with E-state index in [1.165, 1.54) is 4.90 Å². The Morgan fingerprint density at radius 1 is 1.33 bits per heavy atom. The summed E-state index contributed by atoms with van der Waals surface area (Å²) in [5.74, 6) is -0.203. The van der Waals surface area contributed by atoms with E-state index in [1.807, 2.05) is 19.1 Å². The number of carbonyl (C=O) groups excluding carboxylic acids is 1. The van der Waals surface area contributed by atoms with Gasteiger partial charge in [0.25, 0.3) is 6.43 Å². The first kappa shape index (κ1) is 15.7. The van der Waals surface area contributed by atoms with Crippen molar-refractivity contribution in [2.75, 3.05) is 13.7 Å². The molecule has 4 nitrogen and oxygen atoms in total. The van der Waals surface area contributed by atoms with Gasteiger partial charge in [0.1, 0.15) is 11.9 Å². The molecule has 1 aromatic carbocycles. The summed E-state index contributed by atoms with van der Waals surface area (Å²) in [6.45, 7) is 1.99. The quantitative estimate of drug-likeness (QED) is 0.907. The van der Waals surface area contributed by atoms with Crippen LogP contribution in [0.15, 0.2) is 24.3 Å². The molecule has 0 bridgehead atoms. The minimum absolute atomic E-state index is 0.0357.